The molecule has 92 valence electrons. The fraction of sp³-hybridized carbons (Fsp3) is 0.385. The largest absolute Gasteiger partial charge is 0.497 e. The zero-order valence-electron chi connectivity index (χ0n) is 10.4. The van der Waals surface area contributed by atoms with Crippen molar-refractivity contribution < 1.29 is 9.53 Å². The van der Waals surface area contributed by atoms with Crippen LogP contribution in [0.4, 0.5) is 0 Å². The standard InChI is InChI=1S/C13H18N2O2/c1-10(2)7-13(16)15-14-9-11-5-4-6-12(8-11)17-3/h4-6,8-10H,7H2,1-3H3,(H,15,16). The Morgan fingerprint density at radius 2 is 2.29 bits per heavy atom. The average Bonchev–Trinajstić information content (AvgIpc) is 2.28. The predicted octanol–water partition coefficient (Wildman–Crippen LogP) is 2.19. The lowest BCUT2D eigenvalue weighted by Crippen LogP contribution is -2.19. The van der Waals surface area contributed by atoms with Crippen molar-refractivity contribution in [2.24, 2.45) is 11.0 Å². The van der Waals surface area contributed by atoms with E-state index in [9.17, 15) is 4.79 Å². The zero-order valence-corrected chi connectivity index (χ0v) is 10.4. The SMILES string of the molecule is COc1cccc(C=NNC(=O)CC(C)C)c1. The summed E-state index contributed by atoms with van der Waals surface area (Å²) in [6.45, 7) is 3.98. The molecule has 17 heavy (non-hydrogen) atoms. The van der Waals surface area contributed by atoms with Crippen LogP contribution in [0.1, 0.15) is 25.8 Å². The Labute approximate surface area is 102 Å². The predicted molar refractivity (Wildman–Crippen MR) is 68.2 cm³/mol. The van der Waals surface area contributed by atoms with Crippen LogP contribution in [0.25, 0.3) is 0 Å². The monoisotopic (exact) mass is 234 g/mol. The summed E-state index contributed by atoms with van der Waals surface area (Å²) in [5.41, 5.74) is 3.37. The maximum absolute atomic E-state index is 11.3. The molecule has 0 saturated carbocycles. The molecule has 0 spiro atoms. The highest BCUT2D eigenvalue weighted by atomic mass is 16.5. The van der Waals surface area contributed by atoms with E-state index in [1.807, 2.05) is 38.1 Å². The van der Waals surface area contributed by atoms with E-state index < -0.39 is 0 Å². The van der Waals surface area contributed by atoms with Crippen LogP contribution in [-0.4, -0.2) is 19.2 Å². The lowest BCUT2D eigenvalue weighted by atomic mass is 10.1. The number of hydrogen-bond acceptors (Lipinski definition) is 3. The lowest BCUT2D eigenvalue weighted by Gasteiger charge is -2.02. The molecule has 0 aliphatic carbocycles. The molecule has 0 fully saturated rings. The Kier molecular flexibility index (Phi) is 5.20. The first-order chi connectivity index (χ1) is 8.11. The second-order valence-electron chi connectivity index (χ2n) is 4.17. The Balaban J connectivity index is 2.50. The smallest absolute Gasteiger partial charge is 0.240 e. The summed E-state index contributed by atoms with van der Waals surface area (Å²) in [4.78, 5) is 11.3. The van der Waals surface area contributed by atoms with Crippen LogP contribution in [0.5, 0.6) is 5.75 Å². The first-order valence-electron chi connectivity index (χ1n) is 5.57. The molecule has 0 saturated heterocycles. The summed E-state index contributed by atoms with van der Waals surface area (Å²) in [5.74, 6) is 1.03. The number of rotatable bonds is 5. The highest BCUT2D eigenvalue weighted by Gasteiger charge is 2.02. The van der Waals surface area contributed by atoms with Gasteiger partial charge in [0.1, 0.15) is 5.75 Å². The van der Waals surface area contributed by atoms with Crippen LogP contribution in [0.15, 0.2) is 29.4 Å². The minimum Gasteiger partial charge on any atom is -0.497 e. The van der Waals surface area contributed by atoms with Gasteiger partial charge in [-0.25, -0.2) is 5.43 Å². The van der Waals surface area contributed by atoms with Crippen LogP contribution >= 0.6 is 0 Å². The molecule has 0 aliphatic rings. The van der Waals surface area contributed by atoms with Crippen molar-refractivity contribution in [2.45, 2.75) is 20.3 Å². The summed E-state index contributed by atoms with van der Waals surface area (Å²) >= 11 is 0. The molecular formula is C13H18N2O2. The van der Waals surface area contributed by atoms with Gasteiger partial charge in [-0.2, -0.15) is 5.10 Å². The topological polar surface area (TPSA) is 50.7 Å². The number of nitrogens with zero attached hydrogens (tertiary/aromatic N) is 1. The molecule has 0 heterocycles. The van der Waals surface area contributed by atoms with E-state index in [1.54, 1.807) is 13.3 Å². The minimum atomic E-state index is -0.0702. The molecule has 0 aromatic heterocycles. The van der Waals surface area contributed by atoms with Gasteiger partial charge < -0.3 is 4.74 Å². The molecule has 1 aromatic carbocycles. The van der Waals surface area contributed by atoms with Crippen LogP contribution in [-0.2, 0) is 4.79 Å². The molecule has 0 radical (unpaired) electrons. The van der Waals surface area contributed by atoms with Crippen molar-refractivity contribution >= 4 is 12.1 Å². The highest BCUT2D eigenvalue weighted by Crippen LogP contribution is 2.10. The van der Waals surface area contributed by atoms with Gasteiger partial charge in [-0.1, -0.05) is 26.0 Å². The van der Waals surface area contributed by atoms with Gasteiger partial charge in [0.15, 0.2) is 0 Å². The number of carbonyl (C=O) groups excluding carboxylic acids is 1. The summed E-state index contributed by atoms with van der Waals surface area (Å²) in [5, 5.41) is 3.89. The first kappa shape index (κ1) is 13.2. The quantitative estimate of drug-likeness (QED) is 0.627. The third-order valence-corrected chi connectivity index (χ3v) is 2.09. The number of methoxy groups -OCH3 is 1. The maximum Gasteiger partial charge on any atom is 0.240 e. The van der Waals surface area contributed by atoms with Crippen molar-refractivity contribution in [3.8, 4) is 5.75 Å². The molecule has 0 unspecified atom stereocenters. The number of benzene rings is 1. The van der Waals surface area contributed by atoms with E-state index in [0.29, 0.717) is 12.3 Å². The van der Waals surface area contributed by atoms with E-state index in [1.165, 1.54) is 0 Å². The number of ether oxygens (including phenoxy) is 1. The lowest BCUT2D eigenvalue weighted by molar-refractivity contribution is -0.121. The molecule has 0 atom stereocenters. The average molecular weight is 234 g/mol. The van der Waals surface area contributed by atoms with E-state index in [0.717, 1.165) is 11.3 Å². The van der Waals surface area contributed by atoms with Gasteiger partial charge >= 0.3 is 0 Å². The molecule has 4 heteroatoms. The van der Waals surface area contributed by atoms with Crippen LogP contribution in [0, 0.1) is 5.92 Å². The third kappa shape index (κ3) is 5.15. The fourth-order valence-electron chi connectivity index (χ4n) is 1.32. The van der Waals surface area contributed by atoms with Crippen LogP contribution in [0.2, 0.25) is 0 Å². The summed E-state index contributed by atoms with van der Waals surface area (Å²) in [7, 11) is 1.61. The van der Waals surface area contributed by atoms with E-state index in [2.05, 4.69) is 10.5 Å². The van der Waals surface area contributed by atoms with Gasteiger partial charge in [-0.15, -0.1) is 0 Å². The van der Waals surface area contributed by atoms with Gasteiger partial charge in [0.25, 0.3) is 0 Å². The van der Waals surface area contributed by atoms with Crippen molar-refractivity contribution in [3.05, 3.63) is 29.8 Å². The molecule has 0 aliphatic heterocycles. The summed E-state index contributed by atoms with van der Waals surface area (Å²) in [6.07, 6.45) is 2.08. The van der Waals surface area contributed by atoms with Gasteiger partial charge in [0, 0.05) is 6.42 Å². The highest BCUT2D eigenvalue weighted by molar-refractivity contribution is 5.82. The Hall–Kier alpha value is -1.84. The van der Waals surface area contributed by atoms with Crippen molar-refractivity contribution in [1.82, 2.24) is 5.43 Å². The van der Waals surface area contributed by atoms with E-state index in [-0.39, 0.29) is 5.91 Å². The van der Waals surface area contributed by atoms with Gasteiger partial charge in [0.05, 0.1) is 13.3 Å². The fourth-order valence-corrected chi connectivity index (χ4v) is 1.32. The van der Waals surface area contributed by atoms with Gasteiger partial charge in [0.2, 0.25) is 5.91 Å². The van der Waals surface area contributed by atoms with Crippen LogP contribution < -0.4 is 10.2 Å². The molecule has 1 aromatic rings. The first-order valence-corrected chi connectivity index (χ1v) is 5.57. The van der Waals surface area contributed by atoms with Crippen molar-refractivity contribution in [2.75, 3.05) is 7.11 Å². The summed E-state index contributed by atoms with van der Waals surface area (Å²) in [6, 6.07) is 7.46. The normalized spacial score (nSPS) is 10.8. The molecule has 0 bridgehead atoms. The number of amides is 1. The molecule has 4 nitrogen and oxygen atoms in total. The number of nitrogens with one attached hydrogen (secondary N) is 1. The van der Waals surface area contributed by atoms with Crippen LogP contribution in [0.3, 0.4) is 0 Å². The minimum absolute atomic E-state index is 0.0702. The molecule has 1 N–H and O–H groups in total. The number of carbonyl (C=O) groups is 1. The van der Waals surface area contributed by atoms with Crippen molar-refractivity contribution in [1.29, 1.82) is 0 Å². The van der Waals surface area contributed by atoms with E-state index in [4.69, 9.17) is 4.74 Å². The maximum atomic E-state index is 11.3. The molecular weight excluding hydrogens is 216 g/mol. The second kappa shape index (κ2) is 6.68. The zero-order chi connectivity index (χ0) is 12.7. The molecule has 1 rings (SSSR count). The van der Waals surface area contributed by atoms with Crippen molar-refractivity contribution in [3.63, 3.8) is 0 Å². The van der Waals surface area contributed by atoms with Gasteiger partial charge in [-0.05, 0) is 23.6 Å². The second-order valence-corrected chi connectivity index (χ2v) is 4.17. The molecule has 1 amide bonds. The third-order valence-electron chi connectivity index (χ3n) is 2.09. The van der Waals surface area contributed by atoms with Gasteiger partial charge in [-0.3, -0.25) is 4.79 Å². The summed E-state index contributed by atoms with van der Waals surface area (Å²) < 4.78 is 5.09. The Morgan fingerprint density at radius 1 is 1.53 bits per heavy atom. The number of hydrogen-bond donors (Lipinski definition) is 1. The van der Waals surface area contributed by atoms with E-state index >= 15 is 0 Å². The number of hydrazone groups is 1. The Morgan fingerprint density at radius 3 is 2.94 bits per heavy atom. The Bertz CT molecular complexity index is 400.